The standard InChI is InChI=1S/C17H19F5N2O5S/c18-16(19)9-12(24-7-1-2-8-30(24,26)27)10-23(11-16)15(25)28-13-3-5-14(6-4-13)29-17(20,21)22/h3-6,12H,1-2,7-11H2. The van der Waals surface area contributed by atoms with Crippen molar-refractivity contribution in [1.82, 2.24) is 9.21 Å². The summed E-state index contributed by atoms with van der Waals surface area (Å²) in [6.07, 6.45) is -5.76. The van der Waals surface area contributed by atoms with E-state index in [4.69, 9.17) is 4.74 Å². The van der Waals surface area contributed by atoms with Crippen molar-refractivity contribution in [3.8, 4) is 11.5 Å². The highest BCUT2D eigenvalue weighted by atomic mass is 32.2. The molecular formula is C17H19F5N2O5S. The van der Waals surface area contributed by atoms with Gasteiger partial charge in [-0.3, -0.25) is 0 Å². The average molecular weight is 458 g/mol. The Bertz CT molecular complexity index is 876. The molecule has 0 radical (unpaired) electrons. The number of benzene rings is 1. The fourth-order valence-corrected chi connectivity index (χ4v) is 5.30. The summed E-state index contributed by atoms with van der Waals surface area (Å²) in [7, 11) is -3.69. The first-order valence-corrected chi connectivity index (χ1v) is 10.7. The first kappa shape index (κ1) is 22.5. The van der Waals surface area contributed by atoms with Crippen molar-refractivity contribution >= 4 is 16.1 Å². The number of alkyl halides is 5. The molecule has 1 aromatic carbocycles. The number of carbonyl (C=O) groups excluding carboxylic acids is 1. The minimum absolute atomic E-state index is 0.104. The Labute approximate surface area is 169 Å². The largest absolute Gasteiger partial charge is 0.573 e. The summed E-state index contributed by atoms with van der Waals surface area (Å²) in [5.41, 5.74) is 0. The molecule has 30 heavy (non-hydrogen) atoms. The van der Waals surface area contributed by atoms with Crippen molar-refractivity contribution in [2.75, 3.05) is 25.4 Å². The third kappa shape index (κ3) is 5.72. The molecule has 1 atom stereocenters. The fourth-order valence-electron chi connectivity index (χ4n) is 3.50. The van der Waals surface area contributed by atoms with Gasteiger partial charge in [-0.15, -0.1) is 13.2 Å². The number of hydrogen-bond acceptors (Lipinski definition) is 5. The molecule has 168 valence electrons. The van der Waals surface area contributed by atoms with Crippen molar-refractivity contribution in [2.45, 2.75) is 37.6 Å². The van der Waals surface area contributed by atoms with Crippen LogP contribution in [0, 0.1) is 0 Å². The van der Waals surface area contributed by atoms with Gasteiger partial charge in [-0.25, -0.2) is 22.0 Å². The van der Waals surface area contributed by atoms with Gasteiger partial charge in [-0.05, 0) is 37.1 Å². The Kier molecular flexibility index (Phi) is 6.14. The number of amides is 1. The fraction of sp³-hybridized carbons (Fsp3) is 0.588. The van der Waals surface area contributed by atoms with E-state index in [1.54, 1.807) is 0 Å². The maximum Gasteiger partial charge on any atom is 0.573 e. The Morgan fingerprint density at radius 3 is 2.33 bits per heavy atom. The van der Waals surface area contributed by atoms with Crippen LogP contribution in [0.4, 0.5) is 26.7 Å². The summed E-state index contributed by atoms with van der Waals surface area (Å²) < 4.78 is 99.2. The number of halogens is 5. The third-order valence-corrected chi connectivity index (χ3v) is 6.70. The van der Waals surface area contributed by atoms with E-state index in [1.807, 2.05) is 0 Å². The molecule has 2 aliphatic heterocycles. The minimum Gasteiger partial charge on any atom is -0.410 e. The van der Waals surface area contributed by atoms with Crippen LogP contribution >= 0.6 is 0 Å². The SMILES string of the molecule is O=C(Oc1ccc(OC(F)(F)F)cc1)N1CC(N2CCCCS2(=O)=O)CC(F)(F)C1. The number of piperidine rings is 1. The zero-order valence-corrected chi connectivity index (χ0v) is 16.4. The van der Waals surface area contributed by atoms with Crippen LogP contribution in [0.1, 0.15) is 19.3 Å². The van der Waals surface area contributed by atoms with E-state index in [0.29, 0.717) is 17.7 Å². The molecule has 0 aliphatic carbocycles. The van der Waals surface area contributed by atoms with E-state index in [-0.39, 0.29) is 24.6 Å². The van der Waals surface area contributed by atoms with Gasteiger partial charge in [0.15, 0.2) is 0 Å². The van der Waals surface area contributed by atoms with Gasteiger partial charge in [0.2, 0.25) is 10.0 Å². The second-order valence-corrected chi connectivity index (χ2v) is 9.16. The van der Waals surface area contributed by atoms with Gasteiger partial charge in [-0.1, -0.05) is 0 Å². The molecule has 2 saturated heterocycles. The highest BCUT2D eigenvalue weighted by Crippen LogP contribution is 2.33. The molecular weight excluding hydrogens is 439 g/mol. The average Bonchev–Trinajstić information content (AvgIpc) is 2.60. The van der Waals surface area contributed by atoms with Gasteiger partial charge in [-0.2, -0.15) is 4.31 Å². The normalized spacial score (nSPS) is 24.3. The Morgan fingerprint density at radius 1 is 1.10 bits per heavy atom. The zero-order valence-electron chi connectivity index (χ0n) is 15.6. The molecule has 0 bridgehead atoms. The maximum atomic E-state index is 14.2. The molecule has 2 fully saturated rings. The third-order valence-electron chi connectivity index (χ3n) is 4.70. The number of nitrogens with zero attached hydrogens (tertiary/aromatic N) is 2. The molecule has 13 heteroatoms. The summed E-state index contributed by atoms with van der Waals surface area (Å²) in [6, 6.07) is 2.77. The van der Waals surface area contributed by atoms with Gasteiger partial charge in [0.1, 0.15) is 11.5 Å². The molecule has 1 amide bonds. The summed E-state index contributed by atoms with van der Waals surface area (Å²) in [5.74, 6) is -4.17. The van der Waals surface area contributed by atoms with Crippen LogP contribution in [0.15, 0.2) is 24.3 Å². The summed E-state index contributed by atoms with van der Waals surface area (Å²) in [5, 5.41) is 0. The molecule has 3 rings (SSSR count). The lowest BCUT2D eigenvalue weighted by molar-refractivity contribution is -0.274. The molecule has 1 aromatic rings. The van der Waals surface area contributed by atoms with Crippen LogP contribution in [-0.2, 0) is 10.0 Å². The summed E-state index contributed by atoms with van der Waals surface area (Å²) >= 11 is 0. The number of sulfonamides is 1. The van der Waals surface area contributed by atoms with E-state index in [0.717, 1.165) is 28.6 Å². The van der Waals surface area contributed by atoms with Crippen LogP contribution < -0.4 is 9.47 Å². The molecule has 0 N–H and O–H groups in total. The monoisotopic (exact) mass is 458 g/mol. The zero-order chi connectivity index (χ0) is 22.2. The smallest absolute Gasteiger partial charge is 0.410 e. The van der Waals surface area contributed by atoms with Crippen molar-refractivity contribution in [3.63, 3.8) is 0 Å². The van der Waals surface area contributed by atoms with Crippen LogP contribution in [0.3, 0.4) is 0 Å². The van der Waals surface area contributed by atoms with Gasteiger partial charge in [0.25, 0.3) is 5.92 Å². The van der Waals surface area contributed by atoms with Gasteiger partial charge >= 0.3 is 12.5 Å². The van der Waals surface area contributed by atoms with Crippen LogP contribution in [0.5, 0.6) is 11.5 Å². The van der Waals surface area contributed by atoms with Crippen molar-refractivity contribution in [1.29, 1.82) is 0 Å². The predicted octanol–water partition coefficient (Wildman–Crippen LogP) is 3.22. The second-order valence-electron chi connectivity index (χ2n) is 7.12. The van der Waals surface area contributed by atoms with Crippen LogP contribution in [0.2, 0.25) is 0 Å². The van der Waals surface area contributed by atoms with E-state index < -0.39 is 53.2 Å². The van der Waals surface area contributed by atoms with Crippen molar-refractivity contribution in [3.05, 3.63) is 24.3 Å². The number of hydrogen-bond donors (Lipinski definition) is 0. The maximum absolute atomic E-state index is 14.2. The molecule has 0 spiro atoms. The van der Waals surface area contributed by atoms with Gasteiger partial charge in [0.05, 0.1) is 12.3 Å². The molecule has 7 nitrogen and oxygen atoms in total. The highest BCUT2D eigenvalue weighted by Gasteiger charge is 2.47. The summed E-state index contributed by atoms with van der Waals surface area (Å²) in [4.78, 5) is 13.1. The van der Waals surface area contributed by atoms with E-state index in [9.17, 15) is 35.2 Å². The topological polar surface area (TPSA) is 76.2 Å². The van der Waals surface area contributed by atoms with Crippen molar-refractivity contribution < 1.29 is 44.6 Å². The van der Waals surface area contributed by atoms with Crippen molar-refractivity contribution in [2.24, 2.45) is 0 Å². The number of carbonyl (C=O) groups is 1. The lowest BCUT2D eigenvalue weighted by atomic mass is 10.0. The minimum atomic E-state index is -4.89. The molecule has 0 saturated carbocycles. The number of ether oxygens (including phenoxy) is 2. The number of rotatable bonds is 3. The second kappa shape index (κ2) is 8.17. The molecule has 0 aromatic heterocycles. The summed E-state index contributed by atoms with van der Waals surface area (Å²) in [6.45, 7) is -1.12. The molecule has 2 aliphatic rings. The quantitative estimate of drug-likeness (QED) is 0.651. The van der Waals surface area contributed by atoms with Crippen LogP contribution in [0.25, 0.3) is 0 Å². The first-order valence-electron chi connectivity index (χ1n) is 9.05. The predicted molar refractivity (Wildman–Crippen MR) is 93.8 cm³/mol. The van der Waals surface area contributed by atoms with Gasteiger partial charge < -0.3 is 14.4 Å². The van der Waals surface area contributed by atoms with E-state index >= 15 is 0 Å². The molecule has 2 heterocycles. The van der Waals surface area contributed by atoms with Gasteiger partial charge in [0, 0.05) is 25.6 Å². The Balaban J connectivity index is 1.69. The Morgan fingerprint density at radius 2 is 1.73 bits per heavy atom. The molecule has 1 unspecified atom stereocenters. The first-order chi connectivity index (χ1) is 13.8. The van der Waals surface area contributed by atoms with E-state index in [2.05, 4.69) is 4.74 Å². The lowest BCUT2D eigenvalue weighted by Crippen LogP contribution is -2.59. The Hall–Kier alpha value is -2.15. The lowest BCUT2D eigenvalue weighted by Gasteiger charge is -2.42. The van der Waals surface area contributed by atoms with Crippen LogP contribution in [-0.4, -0.2) is 67.4 Å². The van der Waals surface area contributed by atoms with E-state index in [1.165, 1.54) is 0 Å². The highest BCUT2D eigenvalue weighted by molar-refractivity contribution is 7.89. The number of likely N-dealkylation sites (tertiary alicyclic amines) is 1.